The number of aryl methyl sites for hydroxylation is 2. The zero-order chi connectivity index (χ0) is 13.9. The van der Waals surface area contributed by atoms with Crippen LogP contribution in [0.15, 0.2) is 42.5 Å². The molecule has 0 amide bonds. The van der Waals surface area contributed by atoms with Gasteiger partial charge in [0.05, 0.1) is 0 Å². The Morgan fingerprint density at radius 1 is 1.05 bits per heavy atom. The molecule has 0 aliphatic carbocycles. The summed E-state index contributed by atoms with van der Waals surface area (Å²) in [5.74, 6) is -1.54. The fourth-order valence-electron chi connectivity index (χ4n) is 2.75. The summed E-state index contributed by atoms with van der Waals surface area (Å²) in [6.45, 7) is 0. The molecule has 0 bridgehead atoms. The van der Waals surface area contributed by atoms with Gasteiger partial charge in [-0.2, -0.15) is 0 Å². The summed E-state index contributed by atoms with van der Waals surface area (Å²) in [6, 6.07) is 12.9. The average molecular weight is 273 g/mol. The maximum absolute atomic E-state index is 13.2. The fourth-order valence-corrected chi connectivity index (χ4v) is 2.75. The molecular weight excluding hydrogens is 256 g/mol. The first-order chi connectivity index (χ1) is 9.72. The van der Waals surface area contributed by atoms with Crippen LogP contribution in [-0.2, 0) is 12.8 Å². The number of benzene rings is 2. The van der Waals surface area contributed by atoms with E-state index in [1.54, 1.807) is 6.07 Å². The van der Waals surface area contributed by atoms with Crippen LogP contribution in [0.3, 0.4) is 0 Å². The Labute approximate surface area is 117 Å². The van der Waals surface area contributed by atoms with Gasteiger partial charge in [-0.1, -0.05) is 24.3 Å². The van der Waals surface area contributed by atoms with Gasteiger partial charge in [-0.05, 0) is 55.0 Å². The lowest BCUT2D eigenvalue weighted by molar-refractivity contribution is 0.505. The predicted molar refractivity (Wildman–Crippen MR) is 76.9 cm³/mol. The van der Waals surface area contributed by atoms with E-state index in [9.17, 15) is 8.78 Å². The molecule has 1 aliphatic rings. The number of nitrogens with one attached hydrogen (secondary N) is 1. The summed E-state index contributed by atoms with van der Waals surface area (Å²) >= 11 is 0. The topological polar surface area (TPSA) is 12.0 Å². The molecule has 3 heteroatoms. The number of hydrogen-bond acceptors (Lipinski definition) is 1. The van der Waals surface area contributed by atoms with Crippen LogP contribution in [0.1, 0.15) is 24.0 Å². The van der Waals surface area contributed by atoms with Gasteiger partial charge in [0.2, 0.25) is 0 Å². The van der Waals surface area contributed by atoms with E-state index in [1.807, 2.05) is 6.07 Å². The Hall–Kier alpha value is -1.90. The second-order valence-corrected chi connectivity index (χ2v) is 5.32. The first kappa shape index (κ1) is 13.1. The van der Waals surface area contributed by atoms with Crippen molar-refractivity contribution in [3.63, 3.8) is 0 Å². The minimum absolute atomic E-state index is 0.401. The number of anilines is 1. The van der Waals surface area contributed by atoms with Gasteiger partial charge in [-0.25, -0.2) is 8.78 Å². The van der Waals surface area contributed by atoms with Crippen molar-refractivity contribution in [1.29, 1.82) is 0 Å². The van der Waals surface area contributed by atoms with Gasteiger partial charge >= 0.3 is 0 Å². The van der Waals surface area contributed by atoms with Crippen LogP contribution in [-0.4, -0.2) is 6.04 Å². The third-order valence-electron chi connectivity index (χ3n) is 3.90. The normalized spacial score (nSPS) is 17.4. The van der Waals surface area contributed by atoms with Crippen molar-refractivity contribution in [3.8, 4) is 0 Å². The van der Waals surface area contributed by atoms with Crippen LogP contribution in [0.25, 0.3) is 0 Å². The van der Waals surface area contributed by atoms with Gasteiger partial charge < -0.3 is 5.32 Å². The van der Waals surface area contributed by atoms with Crippen LogP contribution in [0, 0.1) is 11.6 Å². The van der Waals surface area contributed by atoms with Crippen molar-refractivity contribution in [2.24, 2.45) is 0 Å². The average Bonchev–Trinajstić information content (AvgIpc) is 2.48. The lowest BCUT2D eigenvalue weighted by Crippen LogP contribution is -2.25. The van der Waals surface area contributed by atoms with Crippen LogP contribution >= 0.6 is 0 Å². The summed E-state index contributed by atoms with van der Waals surface area (Å²) in [4.78, 5) is 0. The van der Waals surface area contributed by atoms with Crippen molar-refractivity contribution in [3.05, 3.63) is 65.2 Å². The summed E-state index contributed by atoms with van der Waals surface area (Å²) < 4.78 is 26.0. The monoisotopic (exact) mass is 273 g/mol. The van der Waals surface area contributed by atoms with Gasteiger partial charge in [0.25, 0.3) is 0 Å². The van der Waals surface area contributed by atoms with E-state index in [2.05, 4.69) is 23.5 Å². The molecule has 2 aromatic rings. The summed E-state index contributed by atoms with van der Waals surface area (Å²) in [5.41, 5.74) is 3.41. The number of rotatable bonds is 3. The zero-order valence-electron chi connectivity index (χ0n) is 11.2. The number of halogens is 2. The standard InChI is InChI=1S/C17H17F2N/c18-15-10-6-12(11-16(15)19)5-8-14-9-7-13-3-1-2-4-17(13)20-14/h1-4,6,10-11,14,20H,5,7-9H2. The second-order valence-electron chi connectivity index (χ2n) is 5.32. The number of fused-ring (bicyclic) bond motifs is 1. The molecule has 1 unspecified atom stereocenters. The molecule has 1 N–H and O–H groups in total. The van der Waals surface area contributed by atoms with Crippen molar-refractivity contribution in [2.45, 2.75) is 31.7 Å². The second kappa shape index (κ2) is 5.61. The van der Waals surface area contributed by atoms with Crippen LogP contribution in [0.2, 0.25) is 0 Å². The van der Waals surface area contributed by atoms with Gasteiger partial charge in [0, 0.05) is 11.7 Å². The van der Waals surface area contributed by atoms with Crippen molar-refractivity contribution < 1.29 is 8.78 Å². The molecule has 0 aromatic heterocycles. The smallest absolute Gasteiger partial charge is 0.159 e. The minimum atomic E-state index is -0.779. The van der Waals surface area contributed by atoms with E-state index < -0.39 is 11.6 Å². The largest absolute Gasteiger partial charge is 0.382 e. The SMILES string of the molecule is Fc1ccc(CCC2CCc3ccccc3N2)cc1F. The Kier molecular flexibility index (Phi) is 3.68. The molecule has 0 saturated carbocycles. The number of hydrogen-bond donors (Lipinski definition) is 1. The fraction of sp³-hybridized carbons (Fsp3) is 0.294. The lowest BCUT2D eigenvalue weighted by Gasteiger charge is -2.27. The molecule has 104 valence electrons. The van der Waals surface area contributed by atoms with E-state index in [-0.39, 0.29) is 0 Å². The molecule has 1 heterocycles. The van der Waals surface area contributed by atoms with E-state index in [0.29, 0.717) is 6.04 Å². The minimum Gasteiger partial charge on any atom is -0.382 e. The quantitative estimate of drug-likeness (QED) is 0.878. The highest BCUT2D eigenvalue weighted by molar-refractivity contribution is 5.53. The van der Waals surface area contributed by atoms with E-state index in [1.165, 1.54) is 23.4 Å². The van der Waals surface area contributed by atoms with Crippen molar-refractivity contribution >= 4 is 5.69 Å². The molecule has 1 aliphatic heterocycles. The van der Waals surface area contributed by atoms with Crippen molar-refractivity contribution in [2.75, 3.05) is 5.32 Å². The maximum atomic E-state index is 13.2. The molecule has 1 nitrogen and oxygen atoms in total. The third kappa shape index (κ3) is 2.82. The Morgan fingerprint density at radius 3 is 2.75 bits per heavy atom. The van der Waals surface area contributed by atoms with Crippen LogP contribution in [0.5, 0.6) is 0 Å². The number of para-hydroxylation sites is 1. The first-order valence-corrected chi connectivity index (χ1v) is 7.01. The van der Waals surface area contributed by atoms with Crippen molar-refractivity contribution in [1.82, 2.24) is 0 Å². The Bertz CT molecular complexity index is 610. The molecule has 20 heavy (non-hydrogen) atoms. The lowest BCUT2D eigenvalue weighted by atomic mass is 9.94. The van der Waals surface area contributed by atoms with E-state index >= 15 is 0 Å². The van der Waals surface area contributed by atoms with Crippen LogP contribution < -0.4 is 5.32 Å². The molecule has 1 atom stereocenters. The molecule has 0 fully saturated rings. The highest BCUT2D eigenvalue weighted by Crippen LogP contribution is 2.26. The third-order valence-corrected chi connectivity index (χ3v) is 3.90. The Balaban J connectivity index is 1.61. The van der Waals surface area contributed by atoms with Crippen LogP contribution in [0.4, 0.5) is 14.5 Å². The summed E-state index contributed by atoms with van der Waals surface area (Å²) in [6.07, 6.45) is 3.85. The molecule has 0 saturated heterocycles. The highest BCUT2D eigenvalue weighted by atomic mass is 19.2. The van der Waals surface area contributed by atoms with Gasteiger partial charge in [0.1, 0.15) is 0 Å². The van der Waals surface area contributed by atoms with Gasteiger partial charge in [-0.3, -0.25) is 0 Å². The molecule has 0 radical (unpaired) electrons. The van der Waals surface area contributed by atoms with E-state index in [0.717, 1.165) is 31.2 Å². The zero-order valence-corrected chi connectivity index (χ0v) is 11.2. The maximum Gasteiger partial charge on any atom is 0.159 e. The predicted octanol–water partition coefficient (Wildman–Crippen LogP) is 4.32. The molecule has 0 spiro atoms. The summed E-state index contributed by atoms with van der Waals surface area (Å²) in [7, 11) is 0. The first-order valence-electron chi connectivity index (χ1n) is 7.01. The molecule has 2 aromatic carbocycles. The molecule has 3 rings (SSSR count). The highest BCUT2D eigenvalue weighted by Gasteiger charge is 2.17. The van der Waals surface area contributed by atoms with E-state index in [4.69, 9.17) is 0 Å². The molecular formula is C17H17F2N. The van der Waals surface area contributed by atoms with Gasteiger partial charge in [0.15, 0.2) is 11.6 Å². The summed E-state index contributed by atoms with van der Waals surface area (Å²) in [5, 5.41) is 3.53. The van der Waals surface area contributed by atoms with Gasteiger partial charge in [-0.15, -0.1) is 0 Å². The Morgan fingerprint density at radius 2 is 1.90 bits per heavy atom.